The number of aromatic nitrogens is 2. The molecule has 2 N–H and O–H groups in total. The van der Waals surface area contributed by atoms with Crippen LogP contribution in [0.5, 0.6) is 5.75 Å². The van der Waals surface area contributed by atoms with Crippen LogP contribution in [0.25, 0.3) is 0 Å². The number of nitrogens with zero attached hydrogens (tertiary/aromatic N) is 2. The fourth-order valence-corrected chi connectivity index (χ4v) is 4.16. The van der Waals surface area contributed by atoms with Gasteiger partial charge in [-0.05, 0) is 44.0 Å². The maximum Gasteiger partial charge on any atom is 0.226 e. The van der Waals surface area contributed by atoms with Gasteiger partial charge < -0.3 is 15.4 Å². The molecule has 0 radical (unpaired) electrons. The summed E-state index contributed by atoms with van der Waals surface area (Å²) in [4.78, 5) is 24.1. The zero-order valence-electron chi connectivity index (χ0n) is 16.1. The van der Waals surface area contributed by atoms with Gasteiger partial charge in [0.15, 0.2) is 0 Å². The van der Waals surface area contributed by atoms with E-state index in [0.29, 0.717) is 23.3 Å². The minimum absolute atomic E-state index is 0.0984. The van der Waals surface area contributed by atoms with E-state index in [4.69, 9.17) is 4.74 Å². The summed E-state index contributed by atoms with van der Waals surface area (Å²) in [6.07, 6.45) is 6.25. The quantitative estimate of drug-likeness (QED) is 0.685. The van der Waals surface area contributed by atoms with Crippen molar-refractivity contribution in [2.75, 3.05) is 17.2 Å². The van der Waals surface area contributed by atoms with Crippen LogP contribution in [0, 0.1) is 0 Å². The molecular weight excluding hydrogens is 376 g/mol. The van der Waals surface area contributed by atoms with E-state index in [1.165, 1.54) is 30.6 Å². The van der Waals surface area contributed by atoms with Crippen LogP contribution in [0.15, 0.2) is 24.3 Å². The van der Waals surface area contributed by atoms with Crippen molar-refractivity contribution in [2.24, 2.45) is 0 Å². The third kappa shape index (κ3) is 6.02. The summed E-state index contributed by atoms with van der Waals surface area (Å²) in [5.41, 5.74) is 0.676. The minimum Gasteiger partial charge on any atom is -0.494 e. The van der Waals surface area contributed by atoms with E-state index in [1.54, 1.807) is 24.3 Å². The number of carbonyl (C=O) groups is 2. The first-order valence-corrected chi connectivity index (χ1v) is 10.6. The molecule has 2 aromatic rings. The standard InChI is InChI=1S/C20H26N4O3S/c1-2-27-16-10-8-15(9-11-16)21-17(25)12-13-18(26)22-20-24-23-19(28-20)14-6-4-3-5-7-14/h8-11,14H,2-7,12-13H2,1H3,(H,21,25)(H,22,24,26). The van der Waals surface area contributed by atoms with Crippen LogP contribution in [0.1, 0.15) is 62.8 Å². The molecule has 8 heteroatoms. The third-order valence-electron chi connectivity index (χ3n) is 4.67. The molecule has 150 valence electrons. The smallest absolute Gasteiger partial charge is 0.226 e. The lowest BCUT2D eigenvalue weighted by atomic mass is 9.90. The largest absolute Gasteiger partial charge is 0.494 e. The van der Waals surface area contributed by atoms with Crippen molar-refractivity contribution in [2.45, 2.75) is 57.8 Å². The van der Waals surface area contributed by atoms with Gasteiger partial charge in [0.2, 0.25) is 16.9 Å². The van der Waals surface area contributed by atoms with Crippen molar-refractivity contribution in [3.63, 3.8) is 0 Å². The van der Waals surface area contributed by atoms with E-state index in [9.17, 15) is 9.59 Å². The Morgan fingerprint density at radius 3 is 2.39 bits per heavy atom. The molecule has 1 heterocycles. The molecule has 2 amide bonds. The van der Waals surface area contributed by atoms with Crippen LogP contribution in [-0.2, 0) is 9.59 Å². The second-order valence-electron chi connectivity index (χ2n) is 6.83. The average molecular weight is 403 g/mol. The summed E-state index contributed by atoms with van der Waals surface area (Å²) >= 11 is 1.44. The van der Waals surface area contributed by atoms with Gasteiger partial charge in [0.25, 0.3) is 0 Å². The van der Waals surface area contributed by atoms with Crippen molar-refractivity contribution in [3.8, 4) is 5.75 Å². The second-order valence-corrected chi connectivity index (χ2v) is 7.84. The van der Waals surface area contributed by atoms with Crippen LogP contribution in [0.3, 0.4) is 0 Å². The third-order valence-corrected chi connectivity index (χ3v) is 5.67. The molecule has 7 nitrogen and oxygen atoms in total. The van der Waals surface area contributed by atoms with Gasteiger partial charge in [-0.3, -0.25) is 9.59 Å². The summed E-state index contributed by atoms with van der Waals surface area (Å²) in [6.45, 7) is 2.51. The molecule has 28 heavy (non-hydrogen) atoms. The molecule has 0 saturated heterocycles. The summed E-state index contributed by atoms with van der Waals surface area (Å²) < 4.78 is 5.37. The van der Waals surface area contributed by atoms with Crippen LogP contribution in [0.4, 0.5) is 10.8 Å². The van der Waals surface area contributed by atoms with Crippen LogP contribution < -0.4 is 15.4 Å². The zero-order chi connectivity index (χ0) is 19.8. The maximum atomic E-state index is 12.1. The van der Waals surface area contributed by atoms with Gasteiger partial charge >= 0.3 is 0 Å². The monoisotopic (exact) mass is 402 g/mol. The fraction of sp³-hybridized carbons (Fsp3) is 0.500. The predicted octanol–water partition coefficient (Wildman–Crippen LogP) is 4.34. The van der Waals surface area contributed by atoms with Gasteiger partial charge in [-0.25, -0.2) is 0 Å². The summed E-state index contributed by atoms with van der Waals surface area (Å²) in [6, 6.07) is 7.14. The fourth-order valence-electron chi connectivity index (χ4n) is 3.23. The highest BCUT2D eigenvalue weighted by molar-refractivity contribution is 7.15. The normalized spacial score (nSPS) is 14.5. The van der Waals surface area contributed by atoms with Crippen LogP contribution in [0.2, 0.25) is 0 Å². The predicted molar refractivity (Wildman–Crippen MR) is 110 cm³/mol. The van der Waals surface area contributed by atoms with Crippen molar-refractivity contribution in [1.29, 1.82) is 0 Å². The van der Waals surface area contributed by atoms with Gasteiger partial charge in [-0.2, -0.15) is 0 Å². The molecule has 0 atom stereocenters. The van der Waals surface area contributed by atoms with E-state index in [-0.39, 0.29) is 24.7 Å². The summed E-state index contributed by atoms with van der Waals surface area (Å²) in [7, 11) is 0. The molecule has 0 spiro atoms. The molecule has 1 aromatic heterocycles. The van der Waals surface area contributed by atoms with Gasteiger partial charge in [-0.1, -0.05) is 30.6 Å². The number of ether oxygens (including phenoxy) is 1. The van der Waals surface area contributed by atoms with E-state index < -0.39 is 0 Å². The highest BCUT2D eigenvalue weighted by Gasteiger charge is 2.20. The highest BCUT2D eigenvalue weighted by atomic mass is 32.1. The molecular formula is C20H26N4O3S. The average Bonchev–Trinajstić information content (AvgIpc) is 3.17. The first-order chi connectivity index (χ1) is 13.6. The number of hydrogen-bond donors (Lipinski definition) is 2. The van der Waals surface area contributed by atoms with Crippen molar-refractivity contribution in [3.05, 3.63) is 29.3 Å². The lowest BCUT2D eigenvalue weighted by Gasteiger charge is -2.18. The highest BCUT2D eigenvalue weighted by Crippen LogP contribution is 2.35. The summed E-state index contributed by atoms with van der Waals surface area (Å²) in [5.74, 6) is 0.786. The van der Waals surface area contributed by atoms with Gasteiger partial charge in [0.05, 0.1) is 6.61 Å². The molecule has 1 aliphatic rings. The van der Waals surface area contributed by atoms with Crippen molar-refractivity contribution >= 4 is 34.0 Å². The number of carbonyl (C=O) groups excluding carboxylic acids is 2. The van der Waals surface area contributed by atoms with Crippen molar-refractivity contribution in [1.82, 2.24) is 10.2 Å². The topological polar surface area (TPSA) is 93.2 Å². The minimum atomic E-state index is -0.229. The first kappa shape index (κ1) is 20.3. The lowest BCUT2D eigenvalue weighted by molar-refractivity contribution is -0.121. The Labute approximate surface area is 168 Å². The maximum absolute atomic E-state index is 12.1. The Morgan fingerprint density at radius 2 is 1.71 bits per heavy atom. The Hall–Kier alpha value is -2.48. The molecule has 1 aromatic carbocycles. The Morgan fingerprint density at radius 1 is 1.04 bits per heavy atom. The second kappa shape index (κ2) is 10.2. The number of rotatable bonds is 8. The first-order valence-electron chi connectivity index (χ1n) is 9.80. The Balaban J connectivity index is 1.41. The van der Waals surface area contributed by atoms with Gasteiger partial charge in [-0.15, -0.1) is 10.2 Å². The number of amides is 2. The zero-order valence-corrected chi connectivity index (χ0v) is 16.9. The Bertz CT molecular complexity index is 785. The number of nitrogens with one attached hydrogen (secondary N) is 2. The van der Waals surface area contributed by atoms with Crippen molar-refractivity contribution < 1.29 is 14.3 Å². The number of hydrogen-bond acceptors (Lipinski definition) is 6. The van der Waals surface area contributed by atoms with E-state index in [2.05, 4.69) is 20.8 Å². The number of benzene rings is 1. The summed E-state index contributed by atoms with van der Waals surface area (Å²) in [5, 5.41) is 15.3. The molecule has 1 saturated carbocycles. The van der Waals surface area contributed by atoms with E-state index in [1.807, 2.05) is 6.92 Å². The molecule has 1 fully saturated rings. The lowest BCUT2D eigenvalue weighted by Crippen LogP contribution is -2.17. The molecule has 0 bridgehead atoms. The molecule has 3 rings (SSSR count). The Kier molecular flexibility index (Phi) is 7.36. The SMILES string of the molecule is CCOc1ccc(NC(=O)CCC(=O)Nc2nnc(C3CCCCC3)s2)cc1. The van der Waals surface area contributed by atoms with Crippen LogP contribution in [-0.4, -0.2) is 28.6 Å². The molecule has 1 aliphatic carbocycles. The van der Waals surface area contributed by atoms with Gasteiger partial charge in [0, 0.05) is 24.4 Å². The molecule has 0 aliphatic heterocycles. The van der Waals surface area contributed by atoms with Crippen LogP contribution >= 0.6 is 11.3 Å². The van der Waals surface area contributed by atoms with Gasteiger partial charge in [0.1, 0.15) is 10.8 Å². The van der Waals surface area contributed by atoms with E-state index in [0.717, 1.165) is 23.6 Å². The molecule has 0 unspecified atom stereocenters. The van der Waals surface area contributed by atoms with E-state index >= 15 is 0 Å². The number of anilines is 2.